The molecule has 120 valence electrons. The molecule has 3 aromatic heterocycles. The zero-order valence-corrected chi connectivity index (χ0v) is 14.6. The van der Waals surface area contributed by atoms with E-state index in [1.165, 1.54) is 12.0 Å². The monoisotopic (exact) mass is 346 g/mol. The summed E-state index contributed by atoms with van der Waals surface area (Å²) in [5, 5.41) is 12.9. The van der Waals surface area contributed by atoms with Crippen molar-refractivity contribution in [3.63, 3.8) is 0 Å². The molecule has 23 heavy (non-hydrogen) atoms. The fourth-order valence-corrected chi connectivity index (χ4v) is 4.42. The minimum atomic E-state index is 0.330. The van der Waals surface area contributed by atoms with Crippen LogP contribution in [-0.4, -0.2) is 33.2 Å². The van der Waals surface area contributed by atoms with Gasteiger partial charge >= 0.3 is 0 Å². The van der Waals surface area contributed by atoms with Gasteiger partial charge in [-0.3, -0.25) is 4.90 Å². The highest BCUT2D eigenvalue weighted by molar-refractivity contribution is 7.13. The Hall–Kier alpha value is -1.57. The van der Waals surface area contributed by atoms with Gasteiger partial charge in [0.15, 0.2) is 0 Å². The molecule has 0 amide bonds. The molecule has 1 aliphatic heterocycles. The summed E-state index contributed by atoms with van der Waals surface area (Å²) in [5.41, 5.74) is 4.16. The molecular formula is C16H18N4OS2. The van der Waals surface area contributed by atoms with Crippen molar-refractivity contribution >= 4 is 22.7 Å². The summed E-state index contributed by atoms with van der Waals surface area (Å²) < 4.78 is 5.96. The molecule has 1 aliphatic rings. The van der Waals surface area contributed by atoms with Crippen LogP contribution in [0.2, 0.25) is 0 Å². The van der Waals surface area contributed by atoms with Gasteiger partial charge in [-0.15, -0.1) is 21.5 Å². The Morgan fingerprint density at radius 2 is 2.35 bits per heavy atom. The van der Waals surface area contributed by atoms with Crippen LogP contribution in [0.5, 0.6) is 0 Å². The maximum absolute atomic E-state index is 5.96. The smallest absolute Gasteiger partial charge is 0.259 e. The lowest BCUT2D eigenvalue weighted by Crippen LogP contribution is -2.33. The summed E-state index contributed by atoms with van der Waals surface area (Å²) >= 11 is 3.31. The number of thiophene rings is 1. The van der Waals surface area contributed by atoms with Crippen molar-refractivity contribution in [2.24, 2.45) is 0 Å². The van der Waals surface area contributed by atoms with Gasteiger partial charge in [0.25, 0.3) is 5.89 Å². The molecule has 3 aromatic rings. The Labute approximate surface area is 143 Å². The maximum Gasteiger partial charge on any atom is 0.259 e. The van der Waals surface area contributed by atoms with Crippen molar-refractivity contribution in [3.05, 3.63) is 39.5 Å². The number of thiazole rings is 1. The molecule has 0 radical (unpaired) electrons. The molecule has 4 rings (SSSR count). The van der Waals surface area contributed by atoms with E-state index in [-0.39, 0.29) is 0 Å². The fraction of sp³-hybridized carbons (Fsp3) is 0.438. The SMILES string of the molecule is Cc1ncsc1-c1nnc(C2CCCN(Cc3ccsc3)C2)o1. The van der Waals surface area contributed by atoms with Crippen molar-refractivity contribution in [3.8, 4) is 10.8 Å². The first-order chi connectivity index (χ1) is 11.3. The largest absolute Gasteiger partial charge is 0.419 e. The number of rotatable bonds is 4. The van der Waals surface area contributed by atoms with Gasteiger partial charge in [0.1, 0.15) is 4.88 Å². The van der Waals surface area contributed by atoms with Gasteiger partial charge < -0.3 is 4.42 Å². The Kier molecular flexibility index (Phi) is 4.24. The molecule has 1 saturated heterocycles. The van der Waals surface area contributed by atoms with Crippen LogP contribution in [0.3, 0.4) is 0 Å². The second-order valence-corrected chi connectivity index (χ2v) is 7.55. The highest BCUT2D eigenvalue weighted by Gasteiger charge is 2.26. The van der Waals surface area contributed by atoms with Crippen molar-refractivity contribution in [2.45, 2.75) is 32.2 Å². The zero-order valence-electron chi connectivity index (χ0n) is 12.9. The summed E-state index contributed by atoms with van der Waals surface area (Å²) in [6, 6.07) is 2.20. The minimum absolute atomic E-state index is 0.330. The first kappa shape index (κ1) is 15.0. The molecule has 5 nitrogen and oxygen atoms in total. The topological polar surface area (TPSA) is 55.1 Å². The second kappa shape index (κ2) is 6.51. The number of aromatic nitrogens is 3. The van der Waals surface area contributed by atoms with Gasteiger partial charge in [-0.05, 0) is 48.7 Å². The molecule has 1 unspecified atom stereocenters. The molecule has 0 spiro atoms. The van der Waals surface area contributed by atoms with E-state index in [1.54, 1.807) is 22.7 Å². The van der Waals surface area contributed by atoms with Gasteiger partial charge in [0.2, 0.25) is 5.89 Å². The van der Waals surface area contributed by atoms with Gasteiger partial charge in [-0.25, -0.2) is 4.98 Å². The van der Waals surface area contributed by atoms with Crippen LogP contribution in [-0.2, 0) is 6.54 Å². The molecular weight excluding hydrogens is 328 g/mol. The van der Waals surface area contributed by atoms with E-state index in [2.05, 4.69) is 36.9 Å². The third kappa shape index (κ3) is 3.22. The number of nitrogens with zero attached hydrogens (tertiary/aromatic N) is 4. The van der Waals surface area contributed by atoms with E-state index in [0.717, 1.165) is 42.5 Å². The Balaban J connectivity index is 1.47. The average molecular weight is 346 g/mol. The van der Waals surface area contributed by atoms with E-state index < -0.39 is 0 Å². The zero-order chi connectivity index (χ0) is 15.6. The molecule has 0 saturated carbocycles. The van der Waals surface area contributed by atoms with Crippen molar-refractivity contribution in [1.29, 1.82) is 0 Å². The average Bonchev–Trinajstić information content (AvgIpc) is 3.28. The van der Waals surface area contributed by atoms with E-state index >= 15 is 0 Å². The van der Waals surface area contributed by atoms with Crippen molar-refractivity contribution < 1.29 is 4.42 Å². The van der Waals surface area contributed by atoms with Crippen LogP contribution in [0.1, 0.15) is 35.9 Å². The highest BCUT2D eigenvalue weighted by Crippen LogP contribution is 2.31. The number of aryl methyl sites for hydroxylation is 1. The van der Waals surface area contributed by atoms with Crippen LogP contribution >= 0.6 is 22.7 Å². The normalized spacial score (nSPS) is 19.3. The first-order valence-electron chi connectivity index (χ1n) is 7.77. The van der Waals surface area contributed by atoms with Gasteiger partial charge in [0, 0.05) is 13.1 Å². The third-order valence-electron chi connectivity index (χ3n) is 4.22. The van der Waals surface area contributed by atoms with E-state index in [1.807, 2.05) is 12.4 Å². The summed E-state index contributed by atoms with van der Waals surface area (Å²) in [7, 11) is 0. The first-order valence-corrected chi connectivity index (χ1v) is 9.59. The molecule has 0 N–H and O–H groups in total. The molecule has 7 heteroatoms. The van der Waals surface area contributed by atoms with Crippen LogP contribution in [0.15, 0.2) is 26.8 Å². The van der Waals surface area contributed by atoms with Gasteiger partial charge in [-0.1, -0.05) is 0 Å². The van der Waals surface area contributed by atoms with E-state index in [9.17, 15) is 0 Å². The summed E-state index contributed by atoms with van der Waals surface area (Å²) in [5.74, 6) is 1.70. The summed E-state index contributed by atoms with van der Waals surface area (Å²) in [6.07, 6.45) is 2.29. The Bertz CT molecular complexity index is 765. The lowest BCUT2D eigenvalue weighted by molar-refractivity contribution is 0.186. The van der Waals surface area contributed by atoms with Crippen LogP contribution in [0.25, 0.3) is 10.8 Å². The quantitative estimate of drug-likeness (QED) is 0.716. The lowest BCUT2D eigenvalue weighted by atomic mass is 9.98. The summed E-state index contributed by atoms with van der Waals surface area (Å²) in [6.45, 7) is 5.11. The Morgan fingerprint density at radius 3 is 3.13 bits per heavy atom. The van der Waals surface area contributed by atoms with Crippen molar-refractivity contribution in [2.75, 3.05) is 13.1 Å². The second-order valence-electron chi connectivity index (χ2n) is 5.92. The lowest BCUT2D eigenvalue weighted by Gasteiger charge is -2.30. The fourth-order valence-electron chi connectivity index (χ4n) is 3.04. The van der Waals surface area contributed by atoms with Crippen LogP contribution in [0.4, 0.5) is 0 Å². The van der Waals surface area contributed by atoms with Gasteiger partial charge in [-0.2, -0.15) is 11.3 Å². The van der Waals surface area contributed by atoms with Crippen molar-refractivity contribution in [1.82, 2.24) is 20.1 Å². The predicted molar refractivity (Wildman–Crippen MR) is 91.7 cm³/mol. The minimum Gasteiger partial charge on any atom is -0.419 e. The van der Waals surface area contributed by atoms with E-state index in [0.29, 0.717) is 11.8 Å². The van der Waals surface area contributed by atoms with Gasteiger partial charge in [0.05, 0.1) is 17.1 Å². The molecule has 0 aliphatic carbocycles. The summed E-state index contributed by atoms with van der Waals surface area (Å²) in [4.78, 5) is 7.72. The number of likely N-dealkylation sites (tertiary alicyclic amines) is 1. The number of hydrogen-bond donors (Lipinski definition) is 0. The maximum atomic E-state index is 5.96. The number of hydrogen-bond acceptors (Lipinski definition) is 7. The number of piperidine rings is 1. The highest BCUT2D eigenvalue weighted by atomic mass is 32.1. The molecule has 0 aromatic carbocycles. The molecule has 0 bridgehead atoms. The molecule has 4 heterocycles. The van der Waals surface area contributed by atoms with E-state index in [4.69, 9.17) is 4.42 Å². The third-order valence-corrected chi connectivity index (χ3v) is 5.87. The van der Waals surface area contributed by atoms with Crippen LogP contribution < -0.4 is 0 Å². The standard InChI is InChI=1S/C16H18N4OS2/c1-11-14(23-10-17-11)16-19-18-15(21-16)13-3-2-5-20(8-13)7-12-4-6-22-9-12/h4,6,9-10,13H,2-3,5,7-8H2,1H3. The Morgan fingerprint density at radius 1 is 1.39 bits per heavy atom. The van der Waals surface area contributed by atoms with Crippen LogP contribution in [0, 0.1) is 6.92 Å². The predicted octanol–water partition coefficient (Wildman–Crippen LogP) is 3.94. The molecule has 1 fully saturated rings. The molecule has 1 atom stereocenters.